The van der Waals surface area contributed by atoms with Gasteiger partial charge < -0.3 is 50.8 Å². The van der Waals surface area contributed by atoms with Gasteiger partial charge >= 0.3 is 6.01 Å². The van der Waals surface area contributed by atoms with Crippen LogP contribution in [0.4, 0.5) is 26.0 Å². The number of nitrogens with one attached hydrogen (secondary N) is 1. The lowest BCUT2D eigenvalue weighted by atomic mass is 9.69. The number of halogens is 2. The van der Waals surface area contributed by atoms with Gasteiger partial charge in [0.2, 0.25) is 0 Å². The Bertz CT molecular complexity index is 3400. The molecule has 14 rings (SSSR count). The summed E-state index contributed by atoms with van der Waals surface area (Å²) in [5.74, 6) is 1.06. The van der Waals surface area contributed by atoms with E-state index in [0.717, 1.165) is 109 Å². The first-order valence-corrected chi connectivity index (χ1v) is 31.6. The van der Waals surface area contributed by atoms with Crippen LogP contribution in [0.2, 0.25) is 0 Å². The third-order valence-electron chi connectivity index (χ3n) is 22.0. The summed E-state index contributed by atoms with van der Waals surface area (Å²) < 4.78 is 57.4. The van der Waals surface area contributed by atoms with Gasteiger partial charge in [0.25, 0.3) is 6.02 Å². The maximum absolute atomic E-state index is 15.7. The number of nitrogens with two attached hydrogens (primary N) is 2. The molecule has 0 saturated carbocycles. The fraction of sp³-hybridized carbons (Fsp3) is 0.631. The number of anilines is 3. The number of hydrogen-bond acceptors (Lipinski definition) is 19. The zero-order valence-corrected chi connectivity index (χ0v) is 49.7. The minimum Gasteiger partial charge on any atom is -0.432 e. The molecule has 19 nitrogen and oxygen atoms in total. The number of likely N-dealkylation sites (tertiary alicyclic amines) is 1. The molecular weight excluding hydrogens is 1100 g/mol. The second-order valence-corrected chi connectivity index (χ2v) is 27.1. The second kappa shape index (κ2) is 22.1. The van der Waals surface area contributed by atoms with Gasteiger partial charge in [-0.05, 0) is 138 Å². The molecule has 2 aromatic carbocycles. The number of alkyl halides is 2. The molecular formula is C65H81F2N13O6. The summed E-state index contributed by atoms with van der Waals surface area (Å²) in [6.45, 7) is 9.98. The molecule has 456 valence electrons. The highest BCUT2D eigenvalue weighted by atomic mass is 19.1. The zero-order valence-electron chi connectivity index (χ0n) is 49.7. The van der Waals surface area contributed by atoms with Crippen LogP contribution in [0.25, 0.3) is 0 Å². The van der Waals surface area contributed by atoms with Crippen LogP contribution in [0.5, 0.6) is 6.01 Å². The molecule has 0 bridgehead atoms. The Labute approximate surface area is 502 Å². The van der Waals surface area contributed by atoms with Gasteiger partial charge in [0, 0.05) is 109 Å². The highest BCUT2D eigenvalue weighted by molar-refractivity contribution is 5.84. The molecule has 10 heterocycles. The summed E-state index contributed by atoms with van der Waals surface area (Å²) in [5, 5.41) is 48.0. The van der Waals surface area contributed by atoms with E-state index < -0.39 is 53.1 Å². The molecule has 21 heteroatoms. The number of nitriles is 2. The summed E-state index contributed by atoms with van der Waals surface area (Å²) >= 11 is 0. The largest absolute Gasteiger partial charge is 0.432 e. The molecule has 0 radical (unpaired) electrons. The maximum atomic E-state index is 15.7. The van der Waals surface area contributed by atoms with Crippen molar-refractivity contribution >= 4 is 29.6 Å². The number of aliphatic hydroxyl groups is 2. The Morgan fingerprint density at radius 2 is 1.52 bits per heavy atom. The van der Waals surface area contributed by atoms with Gasteiger partial charge in [-0.25, -0.2) is 18.8 Å². The number of ether oxygens (including phenoxy) is 4. The summed E-state index contributed by atoms with van der Waals surface area (Å²) in [7, 11) is 0. The quantitative estimate of drug-likeness (QED) is 0.0530. The van der Waals surface area contributed by atoms with Crippen LogP contribution in [-0.2, 0) is 38.4 Å². The Kier molecular flexibility index (Phi) is 14.7. The number of amidine groups is 1. The smallest absolute Gasteiger partial charge is 0.323 e. The number of rotatable bonds is 11. The van der Waals surface area contributed by atoms with E-state index in [-0.39, 0.29) is 68.0 Å². The van der Waals surface area contributed by atoms with Gasteiger partial charge in [0.1, 0.15) is 53.3 Å². The Morgan fingerprint density at radius 1 is 0.814 bits per heavy atom. The monoisotopic (exact) mass is 1180 g/mol. The van der Waals surface area contributed by atoms with Crippen molar-refractivity contribution in [3.63, 3.8) is 0 Å². The first-order chi connectivity index (χ1) is 41.5. The molecule has 86 heavy (non-hydrogen) atoms. The second-order valence-electron chi connectivity index (χ2n) is 27.1. The molecule has 11 aliphatic rings. The molecule has 6 fully saturated rings. The van der Waals surface area contributed by atoms with Crippen molar-refractivity contribution in [2.24, 2.45) is 15.9 Å². The minimum atomic E-state index is -1.09. The van der Waals surface area contributed by atoms with Crippen LogP contribution in [-0.4, -0.2) is 147 Å². The van der Waals surface area contributed by atoms with E-state index in [1.807, 2.05) is 30.3 Å². The molecule has 9 aliphatic heterocycles. The summed E-state index contributed by atoms with van der Waals surface area (Å²) in [4.78, 5) is 29.2. The topological polar surface area (TPSA) is 252 Å². The molecule has 5 unspecified atom stereocenters. The normalized spacial score (nSPS) is 35.7. The van der Waals surface area contributed by atoms with Crippen molar-refractivity contribution in [2.75, 3.05) is 62.2 Å². The van der Waals surface area contributed by atoms with Gasteiger partial charge in [-0.3, -0.25) is 14.7 Å². The third kappa shape index (κ3) is 9.64. The summed E-state index contributed by atoms with van der Waals surface area (Å²) in [5.41, 5.74) is 19.0. The maximum Gasteiger partial charge on any atom is 0.323 e. The predicted molar refractivity (Wildman–Crippen MR) is 319 cm³/mol. The number of aliphatic imine (C=N–C) groups is 2. The molecule has 7 N–H and O–H groups in total. The van der Waals surface area contributed by atoms with Crippen LogP contribution in [0, 0.1) is 28.6 Å². The average Bonchev–Trinajstić information content (AvgIpc) is 1.40. The standard InChI is InChI=1S/C65H81F2N13O6/c1-37-12-16-63(56-43(37)8-10-49(70)45(56)29-68)27-51-47(34-85-63)58(75-60(73-51)83-22-18-62-15-6-19-77(62)32-41(66)25-62)79-20-5-4-7-54(79)55(82)23-40-24-65(26-42(67)33-78(65)31-40)72-36-84-61-74-52-28-64(17-13-38(2)44-9-11-50(71)46(30-69)57(44)64)86-35-48(52)59(76-61)80-21-14-53(80)39(3)81/h8-11,18,22,36-42,53-55,59,81-82H,4-7,12-17,19-21,23-28,31-35,70-71H2,1-3H3,(H,74,76)/b22-18+,72-36?/t37-,38-,39-,40?,41+,42?,53+,54-,55+,59?,62?,63-,64-,65?/m0/s1. The molecule has 0 amide bonds. The molecule has 2 spiro atoms. The molecule has 14 atom stereocenters. The minimum absolute atomic E-state index is 0.0209. The van der Waals surface area contributed by atoms with Crippen LogP contribution >= 0.6 is 0 Å². The van der Waals surface area contributed by atoms with Crippen molar-refractivity contribution in [1.82, 2.24) is 30.0 Å². The Morgan fingerprint density at radius 3 is 2.23 bits per heavy atom. The van der Waals surface area contributed by atoms with Crippen LogP contribution in [0.3, 0.4) is 0 Å². The summed E-state index contributed by atoms with van der Waals surface area (Å²) in [6, 6.07) is 12.5. The number of fused-ring (bicyclic) bond motifs is 7. The first kappa shape index (κ1) is 57.4. The third-order valence-corrected chi connectivity index (χ3v) is 22.0. The van der Waals surface area contributed by atoms with Gasteiger partial charge in [-0.2, -0.15) is 20.5 Å². The van der Waals surface area contributed by atoms with Crippen molar-refractivity contribution in [2.45, 2.75) is 207 Å². The van der Waals surface area contributed by atoms with E-state index in [1.54, 1.807) is 13.2 Å². The number of aliphatic hydroxyl groups excluding tert-OH is 2. The number of piperidine rings is 1. The van der Waals surface area contributed by atoms with Crippen LogP contribution in [0.15, 0.2) is 57.9 Å². The van der Waals surface area contributed by atoms with E-state index in [9.17, 15) is 25.1 Å². The highest BCUT2D eigenvalue weighted by Crippen LogP contribution is 2.55. The van der Waals surface area contributed by atoms with Crippen molar-refractivity contribution in [3.05, 3.63) is 92.5 Å². The predicted octanol–water partition coefficient (Wildman–Crippen LogP) is 7.84. The van der Waals surface area contributed by atoms with Gasteiger partial charge in [-0.1, -0.05) is 26.0 Å². The molecule has 2 aliphatic carbocycles. The highest BCUT2D eigenvalue weighted by Gasteiger charge is 2.55. The van der Waals surface area contributed by atoms with E-state index in [0.29, 0.717) is 92.9 Å². The fourth-order valence-electron chi connectivity index (χ4n) is 17.6. The van der Waals surface area contributed by atoms with E-state index in [4.69, 9.17) is 50.4 Å². The van der Waals surface area contributed by atoms with Crippen molar-refractivity contribution in [1.29, 1.82) is 10.5 Å². The fourth-order valence-corrected chi connectivity index (χ4v) is 17.6. The Hall–Kier alpha value is -6.30. The lowest BCUT2D eigenvalue weighted by Gasteiger charge is -2.51. The van der Waals surface area contributed by atoms with Crippen molar-refractivity contribution < 1.29 is 37.9 Å². The lowest BCUT2D eigenvalue weighted by molar-refractivity contribution is -0.0873. The Balaban J connectivity index is 0.719. The lowest BCUT2D eigenvalue weighted by Crippen LogP contribution is -2.60. The SMILES string of the molecule is C[C@H](O)[C@H]1CCN1C1N=C(OC=NC23CC(F)CN2CC(C[C@@H](O)[C@@H]2CCCCN2c2nc(O/C=C/C45CCCN4C[C@H](F)C5)nc4c2CO[C@@]2(CC[C@H](C)c5ccc(N)c(C#N)c52)C4)C3)NC2=C1CO[C@@]1(CC[C@H](C)c3ccc(N)c(C#N)c31)C2. The molecule has 3 aromatic rings. The van der Waals surface area contributed by atoms with E-state index >= 15 is 4.39 Å². The zero-order chi connectivity index (χ0) is 59.4. The number of nitrogen functional groups attached to an aromatic ring is 2. The van der Waals surface area contributed by atoms with Crippen LogP contribution < -0.4 is 26.4 Å². The summed E-state index contributed by atoms with van der Waals surface area (Å²) in [6.07, 6.45) is 11.8. The number of nitrogens with zero attached hydrogens (tertiary/aromatic N) is 10. The molecule has 1 aromatic heterocycles. The van der Waals surface area contributed by atoms with Gasteiger partial charge in [0.05, 0.1) is 54.5 Å². The van der Waals surface area contributed by atoms with Gasteiger partial charge in [0.15, 0.2) is 6.40 Å². The van der Waals surface area contributed by atoms with Crippen molar-refractivity contribution in [3.8, 4) is 18.1 Å². The average molecular weight is 1180 g/mol. The number of hydrogen-bond donors (Lipinski definition) is 5. The molecule has 6 saturated heterocycles. The van der Waals surface area contributed by atoms with E-state index in [1.165, 1.54) is 6.40 Å². The van der Waals surface area contributed by atoms with E-state index in [2.05, 4.69) is 50.9 Å². The van der Waals surface area contributed by atoms with Crippen LogP contribution in [0.1, 0.15) is 174 Å². The first-order valence-electron chi connectivity index (χ1n) is 31.6. The number of benzene rings is 2. The van der Waals surface area contributed by atoms with Gasteiger partial charge in [-0.15, -0.1) is 0 Å². The number of aromatic nitrogens is 2.